The van der Waals surface area contributed by atoms with E-state index in [4.69, 9.17) is 0 Å². The van der Waals surface area contributed by atoms with Crippen LogP contribution in [0.3, 0.4) is 0 Å². The van der Waals surface area contributed by atoms with Gasteiger partial charge in [-0.05, 0) is 27.8 Å². The Labute approximate surface area is 110 Å². The molecule has 1 heterocycles. The summed E-state index contributed by atoms with van der Waals surface area (Å²) in [6.07, 6.45) is 3.50. The number of rotatable bonds is 6. The smallest absolute Gasteiger partial charge is 0.0791 e. The van der Waals surface area contributed by atoms with Crippen molar-refractivity contribution in [1.82, 2.24) is 20.0 Å². The van der Waals surface area contributed by atoms with E-state index >= 15 is 0 Å². The van der Waals surface area contributed by atoms with Gasteiger partial charge in [-0.1, -0.05) is 0 Å². The van der Waals surface area contributed by atoms with E-state index in [1.807, 2.05) is 26.5 Å². The van der Waals surface area contributed by atoms with Gasteiger partial charge in [0.2, 0.25) is 0 Å². The van der Waals surface area contributed by atoms with Gasteiger partial charge in [0, 0.05) is 44.0 Å². The molecule has 0 fully saturated rings. The average molecular weight is 254 g/mol. The van der Waals surface area contributed by atoms with Gasteiger partial charge in [-0.15, -0.1) is 0 Å². The molecule has 0 saturated heterocycles. The van der Waals surface area contributed by atoms with E-state index in [9.17, 15) is 5.11 Å². The number of nitrogens with zero attached hydrogens (tertiary/aromatic N) is 3. The monoisotopic (exact) mass is 254 g/mol. The Morgan fingerprint density at radius 1 is 1.50 bits per heavy atom. The van der Waals surface area contributed by atoms with Gasteiger partial charge >= 0.3 is 0 Å². The molecule has 1 rings (SSSR count). The topological polar surface area (TPSA) is 53.3 Å². The number of hydrogen-bond donors (Lipinski definition) is 2. The molecular formula is C13H26N4O. The van der Waals surface area contributed by atoms with E-state index < -0.39 is 0 Å². The highest BCUT2D eigenvalue weighted by Gasteiger charge is 2.14. The fourth-order valence-corrected chi connectivity index (χ4v) is 1.78. The number of β-amino-alcohol motifs (C(OH)–C–C–N with tert-alkyl or cyclic N) is 1. The number of nitrogens with one attached hydrogen (secondary N) is 1. The van der Waals surface area contributed by atoms with Crippen LogP contribution in [0.4, 0.5) is 0 Å². The largest absolute Gasteiger partial charge is 0.390 e. The maximum atomic E-state index is 9.94. The molecule has 1 aromatic rings. The summed E-state index contributed by atoms with van der Waals surface area (Å²) in [5.74, 6) is 0. The predicted octanol–water partition coefficient (Wildman–Crippen LogP) is 0.601. The van der Waals surface area contributed by atoms with Crippen LogP contribution in [0.15, 0.2) is 12.4 Å². The first-order valence-corrected chi connectivity index (χ1v) is 6.35. The molecular weight excluding hydrogens is 228 g/mol. The van der Waals surface area contributed by atoms with Crippen molar-refractivity contribution >= 4 is 0 Å². The van der Waals surface area contributed by atoms with Crippen LogP contribution in [0.5, 0.6) is 0 Å². The molecule has 0 aliphatic heterocycles. The molecule has 104 valence electrons. The molecule has 0 amide bonds. The number of hydrogen-bond acceptors (Lipinski definition) is 4. The Morgan fingerprint density at radius 3 is 2.67 bits per heavy atom. The van der Waals surface area contributed by atoms with E-state index in [2.05, 4.69) is 36.1 Å². The zero-order chi connectivity index (χ0) is 13.8. The third-order valence-electron chi connectivity index (χ3n) is 2.60. The van der Waals surface area contributed by atoms with Crippen LogP contribution in [0.1, 0.15) is 26.3 Å². The van der Waals surface area contributed by atoms with Crippen molar-refractivity contribution in [2.75, 3.05) is 20.1 Å². The second kappa shape index (κ2) is 6.31. The molecule has 0 aromatic carbocycles. The second-order valence-electron chi connectivity index (χ2n) is 6.00. The Hall–Kier alpha value is -0.910. The van der Waals surface area contributed by atoms with Gasteiger partial charge in [-0.3, -0.25) is 9.58 Å². The molecule has 5 heteroatoms. The normalized spacial score (nSPS) is 14.2. The first-order valence-electron chi connectivity index (χ1n) is 6.35. The zero-order valence-electron chi connectivity index (χ0n) is 12.1. The summed E-state index contributed by atoms with van der Waals surface area (Å²) in [5, 5.41) is 17.4. The van der Waals surface area contributed by atoms with Crippen molar-refractivity contribution in [2.24, 2.45) is 7.05 Å². The fourth-order valence-electron chi connectivity index (χ4n) is 1.78. The van der Waals surface area contributed by atoms with Crippen molar-refractivity contribution in [1.29, 1.82) is 0 Å². The minimum absolute atomic E-state index is 0.0445. The zero-order valence-corrected chi connectivity index (χ0v) is 12.1. The van der Waals surface area contributed by atoms with E-state index in [1.165, 1.54) is 0 Å². The van der Waals surface area contributed by atoms with E-state index in [0.29, 0.717) is 13.1 Å². The highest BCUT2D eigenvalue weighted by Crippen LogP contribution is 2.03. The van der Waals surface area contributed by atoms with Gasteiger partial charge in [0.25, 0.3) is 0 Å². The van der Waals surface area contributed by atoms with Gasteiger partial charge in [0.05, 0.1) is 12.3 Å². The van der Waals surface area contributed by atoms with Crippen LogP contribution in [-0.4, -0.2) is 51.6 Å². The Bertz CT molecular complexity index is 356. The SMILES string of the molecule is CN(Cc1cnn(C)c1)CC(O)CNC(C)(C)C. The van der Waals surface area contributed by atoms with Crippen LogP contribution < -0.4 is 5.32 Å². The molecule has 1 atom stereocenters. The molecule has 0 bridgehead atoms. The van der Waals surface area contributed by atoms with Crippen LogP contribution >= 0.6 is 0 Å². The van der Waals surface area contributed by atoms with Crippen LogP contribution in [0, 0.1) is 0 Å². The molecule has 0 aliphatic rings. The first kappa shape index (κ1) is 15.1. The van der Waals surface area contributed by atoms with Crippen molar-refractivity contribution in [3.05, 3.63) is 18.0 Å². The quantitative estimate of drug-likeness (QED) is 0.780. The molecule has 0 aliphatic carbocycles. The number of aryl methyl sites for hydroxylation is 1. The maximum absolute atomic E-state index is 9.94. The van der Waals surface area contributed by atoms with E-state index in [0.717, 1.165) is 12.1 Å². The molecule has 0 spiro atoms. The van der Waals surface area contributed by atoms with Crippen molar-refractivity contribution < 1.29 is 5.11 Å². The fraction of sp³-hybridized carbons (Fsp3) is 0.769. The second-order valence-corrected chi connectivity index (χ2v) is 6.00. The minimum Gasteiger partial charge on any atom is -0.390 e. The van der Waals surface area contributed by atoms with Crippen molar-refractivity contribution in [3.8, 4) is 0 Å². The highest BCUT2D eigenvalue weighted by atomic mass is 16.3. The standard InChI is InChI=1S/C13H26N4O/c1-13(2,3)14-7-12(18)10-16(4)8-11-6-15-17(5)9-11/h6,9,12,14,18H,7-8,10H2,1-5H3. The minimum atomic E-state index is -0.356. The lowest BCUT2D eigenvalue weighted by Crippen LogP contribution is -2.44. The van der Waals surface area contributed by atoms with E-state index in [-0.39, 0.29) is 11.6 Å². The molecule has 0 saturated carbocycles. The number of aromatic nitrogens is 2. The van der Waals surface area contributed by atoms with Gasteiger partial charge in [-0.2, -0.15) is 5.10 Å². The third kappa shape index (κ3) is 6.14. The summed E-state index contributed by atoms with van der Waals surface area (Å²) in [7, 11) is 3.92. The van der Waals surface area contributed by atoms with Crippen molar-refractivity contribution in [3.63, 3.8) is 0 Å². The first-order chi connectivity index (χ1) is 8.26. The molecule has 2 N–H and O–H groups in total. The maximum Gasteiger partial charge on any atom is 0.0791 e. The molecule has 1 aromatic heterocycles. The summed E-state index contributed by atoms with van der Waals surface area (Å²) in [5.41, 5.74) is 1.21. The molecule has 0 radical (unpaired) electrons. The lowest BCUT2D eigenvalue weighted by atomic mass is 10.1. The van der Waals surface area contributed by atoms with Crippen LogP contribution in [-0.2, 0) is 13.6 Å². The number of likely N-dealkylation sites (N-methyl/N-ethyl adjacent to an activating group) is 1. The Kier molecular flexibility index (Phi) is 5.31. The van der Waals surface area contributed by atoms with Gasteiger partial charge in [-0.25, -0.2) is 0 Å². The van der Waals surface area contributed by atoms with Crippen LogP contribution in [0.25, 0.3) is 0 Å². The Morgan fingerprint density at radius 2 is 2.17 bits per heavy atom. The van der Waals surface area contributed by atoms with Gasteiger partial charge in [0.1, 0.15) is 0 Å². The lowest BCUT2D eigenvalue weighted by Gasteiger charge is -2.25. The van der Waals surface area contributed by atoms with Gasteiger partial charge in [0.15, 0.2) is 0 Å². The Balaban J connectivity index is 2.29. The van der Waals surface area contributed by atoms with Crippen LogP contribution in [0.2, 0.25) is 0 Å². The lowest BCUT2D eigenvalue weighted by molar-refractivity contribution is 0.114. The third-order valence-corrected chi connectivity index (χ3v) is 2.60. The number of aliphatic hydroxyl groups is 1. The van der Waals surface area contributed by atoms with Gasteiger partial charge < -0.3 is 10.4 Å². The molecule has 18 heavy (non-hydrogen) atoms. The molecule has 5 nitrogen and oxygen atoms in total. The summed E-state index contributed by atoms with van der Waals surface area (Å²) >= 11 is 0. The average Bonchev–Trinajstić information content (AvgIpc) is 2.59. The van der Waals surface area contributed by atoms with Crippen molar-refractivity contribution in [2.45, 2.75) is 39.0 Å². The predicted molar refractivity (Wildman–Crippen MR) is 73.3 cm³/mol. The molecule has 1 unspecified atom stereocenters. The summed E-state index contributed by atoms with van der Waals surface area (Å²) in [4.78, 5) is 2.10. The summed E-state index contributed by atoms with van der Waals surface area (Å²) in [6, 6.07) is 0. The summed E-state index contributed by atoms with van der Waals surface area (Å²) < 4.78 is 1.79. The van der Waals surface area contributed by atoms with E-state index in [1.54, 1.807) is 4.68 Å². The number of aliphatic hydroxyl groups excluding tert-OH is 1. The summed E-state index contributed by atoms with van der Waals surface area (Å²) in [6.45, 7) is 8.36. The highest BCUT2D eigenvalue weighted by molar-refractivity contribution is 5.03.